The first-order valence-electron chi connectivity index (χ1n) is 7.42. The summed E-state index contributed by atoms with van der Waals surface area (Å²) in [6, 6.07) is 3.01. The van der Waals surface area contributed by atoms with Crippen LogP contribution in [0.25, 0.3) is 0 Å². The molecule has 0 bridgehead atoms. The number of aromatic nitrogens is 1. The van der Waals surface area contributed by atoms with E-state index < -0.39 is 17.7 Å². The van der Waals surface area contributed by atoms with Gasteiger partial charge in [0.25, 0.3) is 0 Å². The number of nitrogens with zero attached hydrogens (tertiary/aromatic N) is 2. The van der Waals surface area contributed by atoms with Gasteiger partial charge in [-0.15, -0.1) is 0 Å². The van der Waals surface area contributed by atoms with E-state index in [0.29, 0.717) is 13.0 Å². The fraction of sp³-hybridized carbons (Fsp3) is 0.562. The maximum Gasteiger partial charge on any atom is 0.411 e. The standard InChI is InChI=1S/C16H22N2O4/c1-16(2,3)22-15(20)18-10-4-5-13(18)14(19)21-11-12-6-8-17-9-7-12/h6-9,13H,4-5,10-11H2,1-3H3/t13-/m0/s1. The van der Waals surface area contributed by atoms with E-state index >= 15 is 0 Å². The van der Waals surface area contributed by atoms with Gasteiger partial charge < -0.3 is 9.47 Å². The van der Waals surface area contributed by atoms with Gasteiger partial charge in [-0.3, -0.25) is 9.88 Å². The molecule has 0 radical (unpaired) electrons. The number of hydrogen-bond acceptors (Lipinski definition) is 5. The van der Waals surface area contributed by atoms with Crippen molar-refractivity contribution in [1.29, 1.82) is 0 Å². The molecule has 120 valence electrons. The van der Waals surface area contributed by atoms with Gasteiger partial charge in [0, 0.05) is 18.9 Å². The third-order valence-corrected chi connectivity index (χ3v) is 3.28. The highest BCUT2D eigenvalue weighted by Crippen LogP contribution is 2.22. The molecule has 1 atom stereocenters. The minimum absolute atomic E-state index is 0.181. The summed E-state index contributed by atoms with van der Waals surface area (Å²) in [6.45, 7) is 6.11. The largest absolute Gasteiger partial charge is 0.459 e. The van der Waals surface area contributed by atoms with E-state index in [4.69, 9.17) is 9.47 Å². The Morgan fingerprint density at radius 2 is 2.00 bits per heavy atom. The molecule has 1 aromatic heterocycles. The summed E-state index contributed by atoms with van der Waals surface area (Å²) in [4.78, 5) is 29.7. The number of pyridine rings is 1. The van der Waals surface area contributed by atoms with Crippen molar-refractivity contribution in [1.82, 2.24) is 9.88 Å². The highest BCUT2D eigenvalue weighted by molar-refractivity contribution is 5.82. The molecule has 0 unspecified atom stereocenters. The van der Waals surface area contributed by atoms with Gasteiger partial charge >= 0.3 is 12.1 Å². The molecule has 6 nitrogen and oxygen atoms in total. The van der Waals surface area contributed by atoms with Crippen LogP contribution in [0.2, 0.25) is 0 Å². The van der Waals surface area contributed by atoms with Gasteiger partial charge in [-0.1, -0.05) is 0 Å². The fourth-order valence-electron chi connectivity index (χ4n) is 2.28. The molecule has 1 aromatic rings. The van der Waals surface area contributed by atoms with Crippen LogP contribution in [0.1, 0.15) is 39.2 Å². The molecule has 1 amide bonds. The summed E-state index contributed by atoms with van der Waals surface area (Å²) < 4.78 is 10.6. The maximum atomic E-state index is 12.2. The molecule has 22 heavy (non-hydrogen) atoms. The van der Waals surface area contributed by atoms with Gasteiger partial charge in [-0.25, -0.2) is 9.59 Å². The molecule has 0 spiro atoms. The zero-order valence-electron chi connectivity index (χ0n) is 13.2. The van der Waals surface area contributed by atoms with Crippen molar-refractivity contribution in [3.8, 4) is 0 Å². The lowest BCUT2D eigenvalue weighted by atomic mass is 10.2. The van der Waals surface area contributed by atoms with Gasteiger partial charge in [0.15, 0.2) is 0 Å². The Balaban J connectivity index is 1.92. The number of rotatable bonds is 3. The SMILES string of the molecule is CC(C)(C)OC(=O)N1CCC[C@H]1C(=O)OCc1ccncc1. The van der Waals surface area contributed by atoms with Crippen LogP contribution in [0, 0.1) is 0 Å². The minimum Gasteiger partial charge on any atom is -0.459 e. The van der Waals surface area contributed by atoms with Crippen LogP contribution >= 0.6 is 0 Å². The predicted octanol–water partition coefficient (Wildman–Crippen LogP) is 2.52. The fourth-order valence-corrected chi connectivity index (χ4v) is 2.28. The lowest BCUT2D eigenvalue weighted by Crippen LogP contribution is -2.44. The quantitative estimate of drug-likeness (QED) is 0.803. The molecule has 1 fully saturated rings. The number of likely N-dealkylation sites (tertiary alicyclic amines) is 1. The van der Waals surface area contributed by atoms with Crippen LogP contribution in [0.3, 0.4) is 0 Å². The van der Waals surface area contributed by atoms with Crippen molar-refractivity contribution in [2.45, 2.75) is 51.9 Å². The van der Waals surface area contributed by atoms with Crippen LogP contribution in [-0.4, -0.2) is 40.1 Å². The second kappa shape index (κ2) is 6.77. The first-order chi connectivity index (χ1) is 10.4. The van der Waals surface area contributed by atoms with Crippen LogP contribution in [0.15, 0.2) is 24.5 Å². The number of carbonyl (C=O) groups excluding carboxylic acids is 2. The Bertz CT molecular complexity index is 525. The molecule has 2 heterocycles. The zero-order valence-corrected chi connectivity index (χ0v) is 13.2. The molecule has 1 saturated heterocycles. The van der Waals surface area contributed by atoms with E-state index in [1.54, 1.807) is 45.3 Å². The maximum absolute atomic E-state index is 12.2. The Labute approximate surface area is 130 Å². The lowest BCUT2D eigenvalue weighted by molar-refractivity contribution is -0.150. The molecular formula is C16H22N2O4. The van der Waals surface area contributed by atoms with E-state index in [2.05, 4.69) is 4.98 Å². The predicted molar refractivity (Wildman–Crippen MR) is 80.0 cm³/mol. The number of carbonyl (C=O) groups is 2. The summed E-state index contributed by atoms with van der Waals surface area (Å²) in [6.07, 6.45) is 4.20. The second-order valence-electron chi connectivity index (χ2n) is 6.29. The van der Waals surface area contributed by atoms with E-state index in [-0.39, 0.29) is 12.6 Å². The number of ether oxygens (including phenoxy) is 2. The highest BCUT2D eigenvalue weighted by Gasteiger charge is 2.37. The number of amides is 1. The summed E-state index contributed by atoms with van der Waals surface area (Å²) in [5.41, 5.74) is 0.288. The van der Waals surface area contributed by atoms with Gasteiger partial charge in [0.1, 0.15) is 18.2 Å². The molecule has 1 aliphatic rings. The number of esters is 1. The van der Waals surface area contributed by atoms with Crippen molar-refractivity contribution in [3.05, 3.63) is 30.1 Å². The van der Waals surface area contributed by atoms with Crippen molar-refractivity contribution in [2.24, 2.45) is 0 Å². The average Bonchev–Trinajstić information content (AvgIpc) is 2.93. The van der Waals surface area contributed by atoms with Crippen molar-refractivity contribution in [2.75, 3.05) is 6.54 Å². The van der Waals surface area contributed by atoms with Gasteiger partial charge in [0.2, 0.25) is 0 Å². The summed E-state index contributed by atoms with van der Waals surface area (Å²) in [5.74, 6) is -0.389. The molecule has 2 rings (SSSR count). The third kappa shape index (κ3) is 4.44. The lowest BCUT2D eigenvalue weighted by Gasteiger charge is -2.27. The van der Waals surface area contributed by atoms with Crippen LogP contribution in [-0.2, 0) is 20.9 Å². The topological polar surface area (TPSA) is 68.7 Å². The van der Waals surface area contributed by atoms with Gasteiger partial charge in [-0.05, 0) is 51.3 Å². The highest BCUT2D eigenvalue weighted by atomic mass is 16.6. The average molecular weight is 306 g/mol. The van der Waals surface area contributed by atoms with Crippen LogP contribution in [0.5, 0.6) is 0 Å². The molecule has 0 aromatic carbocycles. The Morgan fingerprint density at radius 3 is 2.64 bits per heavy atom. The zero-order chi connectivity index (χ0) is 16.2. The molecule has 6 heteroatoms. The normalized spacial score (nSPS) is 18.1. The monoisotopic (exact) mass is 306 g/mol. The van der Waals surface area contributed by atoms with Crippen LogP contribution in [0.4, 0.5) is 4.79 Å². The molecule has 0 N–H and O–H groups in total. The molecule has 0 aliphatic carbocycles. The van der Waals surface area contributed by atoms with E-state index in [1.807, 2.05) is 0 Å². The van der Waals surface area contributed by atoms with Crippen molar-refractivity contribution in [3.63, 3.8) is 0 Å². The Kier molecular flexibility index (Phi) is 5.00. The Hall–Kier alpha value is -2.11. The summed E-state index contributed by atoms with van der Waals surface area (Å²) in [5, 5.41) is 0. The van der Waals surface area contributed by atoms with Gasteiger partial charge in [-0.2, -0.15) is 0 Å². The first-order valence-corrected chi connectivity index (χ1v) is 7.42. The summed E-state index contributed by atoms with van der Waals surface area (Å²) in [7, 11) is 0. The first kappa shape index (κ1) is 16.3. The second-order valence-corrected chi connectivity index (χ2v) is 6.29. The Morgan fingerprint density at radius 1 is 1.32 bits per heavy atom. The van der Waals surface area contributed by atoms with Crippen molar-refractivity contribution < 1.29 is 19.1 Å². The van der Waals surface area contributed by atoms with E-state index in [1.165, 1.54) is 4.90 Å². The molecule has 0 saturated carbocycles. The summed E-state index contributed by atoms with van der Waals surface area (Å²) >= 11 is 0. The smallest absolute Gasteiger partial charge is 0.411 e. The third-order valence-electron chi connectivity index (χ3n) is 3.28. The van der Waals surface area contributed by atoms with E-state index in [0.717, 1.165) is 12.0 Å². The number of hydrogen-bond donors (Lipinski definition) is 0. The van der Waals surface area contributed by atoms with Crippen LogP contribution < -0.4 is 0 Å². The molecule has 1 aliphatic heterocycles. The van der Waals surface area contributed by atoms with Crippen molar-refractivity contribution >= 4 is 12.1 Å². The molecular weight excluding hydrogens is 284 g/mol. The van der Waals surface area contributed by atoms with Gasteiger partial charge in [0.05, 0.1) is 0 Å². The van der Waals surface area contributed by atoms with E-state index in [9.17, 15) is 9.59 Å². The minimum atomic E-state index is -0.578.